The molecule has 0 unspecified atom stereocenters. The number of hydrogen-bond acceptors (Lipinski definition) is 5. The summed E-state index contributed by atoms with van der Waals surface area (Å²) in [6, 6.07) is 6.87. The average Bonchev–Trinajstić information content (AvgIpc) is 2.62. The van der Waals surface area contributed by atoms with Crippen molar-refractivity contribution in [3.05, 3.63) is 47.5 Å². The number of nitrogens with one attached hydrogen (secondary N) is 1. The Morgan fingerprint density at radius 1 is 1.27 bits per heavy atom. The topological polar surface area (TPSA) is 61.4 Å². The number of para-hydroxylation sites is 1. The van der Waals surface area contributed by atoms with Crippen LogP contribution >= 0.6 is 0 Å². The van der Waals surface area contributed by atoms with Crippen molar-refractivity contribution in [2.24, 2.45) is 0 Å². The molecule has 6 nitrogen and oxygen atoms in total. The molecule has 1 N–H and O–H groups in total. The van der Waals surface area contributed by atoms with Gasteiger partial charge in [-0.2, -0.15) is 0 Å². The Kier molecular flexibility index (Phi) is 5.35. The van der Waals surface area contributed by atoms with Gasteiger partial charge < -0.3 is 15.1 Å². The van der Waals surface area contributed by atoms with Gasteiger partial charge in [0.1, 0.15) is 5.82 Å². The molecule has 26 heavy (non-hydrogen) atoms. The first-order valence-corrected chi connectivity index (χ1v) is 8.77. The summed E-state index contributed by atoms with van der Waals surface area (Å²) in [6.07, 6.45) is 3.12. The number of aromatic nitrogens is 2. The van der Waals surface area contributed by atoms with Crippen LogP contribution in [0.25, 0.3) is 0 Å². The third-order valence-electron chi connectivity index (χ3n) is 4.63. The minimum Gasteiger partial charge on any atom is -0.369 e. The van der Waals surface area contributed by atoms with Gasteiger partial charge in [0.2, 0.25) is 5.95 Å². The molecule has 7 heteroatoms. The largest absolute Gasteiger partial charge is 0.369 e. The van der Waals surface area contributed by atoms with Crippen molar-refractivity contribution in [2.45, 2.75) is 25.8 Å². The number of nitrogens with zero attached hydrogens (tertiary/aromatic N) is 4. The molecule has 1 aromatic heterocycles. The van der Waals surface area contributed by atoms with Crippen LogP contribution in [0, 0.1) is 12.7 Å². The first-order valence-electron chi connectivity index (χ1n) is 8.77. The fourth-order valence-corrected chi connectivity index (χ4v) is 3.13. The van der Waals surface area contributed by atoms with Crippen molar-refractivity contribution in [1.82, 2.24) is 15.3 Å². The molecule has 1 fully saturated rings. The Bertz CT molecular complexity index is 787. The molecule has 0 spiro atoms. The molecule has 3 rings (SSSR count). The molecule has 0 bridgehead atoms. The molecular weight excluding hydrogens is 333 g/mol. The molecule has 0 atom stereocenters. The molecule has 0 aliphatic carbocycles. The van der Waals surface area contributed by atoms with Crippen LogP contribution in [0.3, 0.4) is 0 Å². The van der Waals surface area contributed by atoms with Gasteiger partial charge in [-0.05, 0) is 31.9 Å². The molecule has 1 aliphatic rings. The highest BCUT2D eigenvalue weighted by Gasteiger charge is 2.23. The van der Waals surface area contributed by atoms with Gasteiger partial charge in [-0.25, -0.2) is 14.4 Å². The number of benzene rings is 1. The van der Waals surface area contributed by atoms with Crippen LogP contribution < -0.4 is 15.1 Å². The predicted molar refractivity (Wildman–Crippen MR) is 100 cm³/mol. The third kappa shape index (κ3) is 3.92. The van der Waals surface area contributed by atoms with Crippen LogP contribution in [0.2, 0.25) is 0 Å². The lowest BCUT2D eigenvalue weighted by molar-refractivity contribution is 0.0929. The Hall–Kier alpha value is -2.70. The van der Waals surface area contributed by atoms with Crippen LogP contribution in [0.4, 0.5) is 16.0 Å². The van der Waals surface area contributed by atoms with Gasteiger partial charge in [0.25, 0.3) is 5.91 Å². The van der Waals surface area contributed by atoms with Crippen LogP contribution in [0.1, 0.15) is 28.9 Å². The third-order valence-corrected chi connectivity index (χ3v) is 4.63. The Balaban J connectivity index is 1.59. The highest BCUT2D eigenvalue weighted by atomic mass is 19.1. The van der Waals surface area contributed by atoms with Crippen molar-refractivity contribution in [2.75, 3.05) is 37.0 Å². The van der Waals surface area contributed by atoms with Gasteiger partial charge in [-0.15, -0.1) is 0 Å². The Labute approximate surface area is 153 Å². The number of rotatable bonds is 4. The highest BCUT2D eigenvalue weighted by Crippen LogP contribution is 2.23. The van der Waals surface area contributed by atoms with Gasteiger partial charge in [0.05, 0.1) is 16.9 Å². The minimum absolute atomic E-state index is 0.0680. The smallest absolute Gasteiger partial charge is 0.254 e. The lowest BCUT2D eigenvalue weighted by atomic mass is 10.0. The van der Waals surface area contributed by atoms with Gasteiger partial charge in [0, 0.05) is 39.4 Å². The number of hydrogen-bond donors (Lipinski definition) is 1. The maximum Gasteiger partial charge on any atom is 0.254 e. The maximum absolute atomic E-state index is 13.9. The number of halogens is 1. The van der Waals surface area contributed by atoms with E-state index in [0.717, 1.165) is 12.8 Å². The van der Waals surface area contributed by atoms with E-state index in [-0.39, 0.29) is 17.8 Å². The molecule has 1 amide bonds. The number of anilines is 2. The predicted octanol–water partition coefficient (Wildman–Crippen LogP) is 2.39. The minimum atomic E-state index is -0.205. The molecular formula is C19H24FN5O. The van der Waals surface area contributed by atoms with Crippen molar-refractivity contribution < 1.29 is 9.18 Å². The summed E-state index contributed by atoms with van der Waals surface area (Å²) in [4.78, 5) is 24.9. The quantitative estimate of drug-likeness (QED) is 0.910. The summed E-state index contributed by atoms with van der Waals surface area (Å²) >= 11 is 0. The maximum atomic E-state index is 13.9. The van der Waals surface area contributed by atoms with Gasteiger partial charge >= 0.3 is 0 Å². The average molecular weight is 357 g/mol. The van der Waals surface area contributed by atoms with Gasteiger partial charge in [-0.3, -0.25) is 4.79 Å². The van der Waals surface area contributed by atoms with E-state index in [1.54, 1.807) is 23.2 Å². The summed E-state index contributed by atoms with van der Waals surface area (Å²) in [5.41, 5.74) is 1.78. The summed E-state index contributed by atoms with van der Waals surface area (Å²) < 4.78 is 13.9. The molecule has 138 valence electrons. The second kappa shape index (κ2) is 7.68. The van der Waals surface area contributed by atoms with Crippen LogP contribution in [0.15, 0.2) is 30.5 Å². The van der Waals surface area contributed by atoms with E-state index in [4.69, 9.17) is 0 Å². The van der Waals surface area contributed by atoms with Crippen molar-refractivity contribution in [3.63, 3.8) is 0 Å². The Morgan fingerprint density at radius 2 is 1.96 bits per heavy atom. The van der Waals surface area contributed by atoms with E-state index >= 15 is 0 Å². The van der Waals surface area contributed by atoms with Crippen molar-refractivity contribution in [3.8, 4) is 0 Å². The second-order valence-corrected chi connectivity index (χ2v) is 6.75. The number of amides is 1. The molecule has 2 aromatic rings. The standard InChI is InChI=1S/C19H24FN5O/c1-13-15(12-21-19(22-13)24(2)3)18(26)23-14-8-10-25(11-9-14)17-7-5-4-6-16(17)20/h4-7,12,14H,8-11H2,1-3H3,(H,23,26). The number of aryl methyl sites for hydroxylation is 1. The van der Waals surface area contributed by atoms with E-state index in [0.29, 0.717) is 36.0 Å². The lowest BCUT2D eigenvalue weighted by Gasteiger charge is -2.34. The lowest BCUT2D eigenvalue weighted by Crippen LogP contribution is -2.45. The van der Waals surface area contributed by atoms with E-state index in [1.165, 1.54) is 6.07 Å². The van der Waals surface area contributed by atoms with E-state index in [2.05, 4.69) is 15.3 Å². The van der Waals surface area contributed by atoms with E-state index in [1.807, 2.05) is 32.0 Å². The zero-order valence-electron chi connectivity index (χ0n) is 15.4. The molecule has 1 saturated heterocycles. The van der Waals surface area contributed by atoms with Gasteiger partial charge in [0.15, 0.2) is 0 Å². The summed E-state index contributed by atoms with van der Waals surface area (Å²) in [5.74, 6) is 0.220. The van der Waals surface area contributed by atoms with Gasteiger partial charge in [-0.1, -0.05) is 12.1 Å². The van der Waals surface area contributed by atoms with Crippen molar-refractivity contribution >= 4 is 17.5 Å². The van der Waals surface area contributed by atoms with Crippen LogP contribution in [-0.2, 0) is 0 Å². The second-order valence-electron chi connectivity index (χ2n) is 6.75. The summed E-state index contributed by atoms with van der Waals surface area (Å²) in [5, 5.41) is 3.06. The highest BCUT2D eigenvalue weighted by molar-refractivity contribution is 5.95. The monoisotopic (exact) mass is 357 g/mol. The molecule has 0 saturated carbocycles. The Morgan fingerprint density at radius 3 is 2.58 bits per heavy atom. The first kappa shape index (κ1) is 18.1. The fourth-order valence-electron chi connectivity index (χ4n) is 3.13. The number of carbonyl (C=O) groups is 1. The zero-order chi connectivity index (χ0) is 18.7. The van der Waals surface area contributed by atoms with Crippen LogP contribution in [-0.4, -0.2) is 49.1 Å². The van der Waals surface area contributed by atoms with E-state index < -0.39 is 0 Å². The SMILES string of the molecule is Cc1nc(N(C)C)ncc1C(=O)NC1CCN(c2ccccc2F)CC1. The van der Waals surface area contributed by atoms with E-state index in [9.17, 15) is 9.18 Å². The zero-order valence-corrected chi connectivity index (χ0v) is 15.4. The molecule has 2 heterocycles. The fraction of sp³-hybridized carbons (Fsp3) is 0.421. The summed E-state index contributed by atoms with van der Waals surface area (Å²) in [7, 11) is 3.72. The molecule has 1 aliphatic heterocycles. The number of carbonyl (C=O) groups excluding carboxylic acids is 1. The number of piperidine rings is 1. The molecule has 1 aromatic carbocycles. The van der Waals surface area contributed by atoms with Crippen LogP contribution in [0.5, 0.6) is 0 Å². The normalized spacial score (nSPS) is 15.0. The summed E-state index contributed by atoms with van der Waals surface area (Å²) in [6.45, 7) is 3.23. The van der Waals surface area contributed by atoms with Crippen molar-refractivity contribution in [1.29, 1.82) is 0 Å². The molecule has 0 radical (unpaired) electrons. The first-order chi connectivity index (χ1) is 12.5.